The highest BCUT2D eigenvalue weighted by Crippen LogP contribution is 2.44. The van der Waals surface area contributed by atoms with Gasteiger partial charge in [-0.25, -0.2) is 13.6 Å². The molecule has 0 spiro atoms. The van der Waals surface area contributed by atoms with Crippen molar-refractivity contribution in [3.63, 3.8) is 0 Å². The van der Waals surface area contributed by atoms with Gasteiger partial charge < -0.3 is 15.2 Å². The van der Waals surface area contributed by atoms with Gasteiger partial charge in [-0.2, -0.15) is 0 Å². The molecule has 0 saturated carbocycles. The summed E-state index contributed by atoms with van der Waals surface area (Å²) in [5, 5.41) is 11.5. The van der Waals surface area contributed by atoms with Gasteiger partial charge >= 0.3 is 12.1 Å². The Hall–Kier alpha value is -3.74. The predicted octanol–water partition coefficient (Wildman–Crippen LogP) is 5.02. The van der Waals surface area contributed by atoms with Gasteiger partial charge in [-0.05, 0) is 28.3 Å². The first-order chi connectivity index (χ1) is 15.0. The molecule has 1 aliphatic rings. The standard InChI is InChI=1S/C24H19F2NO4/c25-20-11-5-10-18(23(20)26)21(12-22(28)29)27-24(30)31-13-19-16-8-3-1-6-14(16)15-7-2-4-9-17(15)19/h1-11,19,21H,12-13H2,(H,27,30)(H,28,29). The number of carbonyl (C=O) groups excluding carboxylic acids is 1. The van der Waals surface area contributed by atoms with Crippen molar-refractivity contribution in [1.29, 1.82) is 0 Å². The van der Waals surface area contributed by atoms with Crippen molar-refractivity contribution in [3.8, 4) is 11.1 Å². The molecule has 0 aliphatic heterocycles. The fourth-order valence-corrected chi connectivity index (χ4v) is 3.99. The van der Waals surface area contributed by atoms with Crippen molar-refractivity contribution in [1.82, 2.24) is 5.32 Å². The summed E-state index contributed by atoms with van der Waals surface area (Å²) in [6.07, 6.45) is -1.53. The summed E-state index contributed by atoms with van der Waals surface area (Å²) in [4.78, 5) is 23.6. The molecule has 3 aromatic carbocycles. The Morgan fingerprint density at radius 1 is 0.935 bits per heavy atom. The minimum absolute atomic E-state index is 0.0191. The highest BCUT2D eigenvalue weighted by Gasteiger charge is 2.30. The van der Waals surface area contributed by atoms with E-state index in [1.165, 1.54) is 12.1 Å². The SMILES string of the molecule is O=C(O)CC(NC(=O)OCC1c2ccccc2-c2ccccc21)c1cccc(F)c1F. The lowest BCUT2D eigenvalue weighted by molar-refractivity contribution is -0.137. The van der Waals surface area contributed by atoms with Gasteiger partial charge in [0.25, 0.3) is 0 Å². The van der Waals surface area contributed by atoms with Crippen LogP contribution in [0.15, 0.2) is 66.7 Å². The number of aliphatic carboxylic acids is 1. The molecular weight excluding hydrogens is 404 g/mol. The molecule has 1 unspecified atom stereocenters. The van der Waals surface area contributed by atoms with Gasteiger partial charge in [-0.1, -0.05) is 60.7 Å². The van der Waals surface area contributed by atoms with Crippen molar-refractivity contribution < 1.29 is 28.2 Å². The Bertz CT molecular complexity index is 1100. The summed E-state index contributed by atoms with van der Waals surface area (Å²) in [5.41, 5.74) is 3.93. The van der Waals surface area contributed by atoms with Gasteiger partial charge in [0.1, 0.15) is 6.61 Å². The maximum atomic E-state index is 14.2. The van der Waals surface area contributed by atoms with Gasteiger partial charge in [0, 0.05) is 11.5 Å². The fraction of sp³-hybridized carbons (Fsp3) is 0.167. The molecule has 0 radical (unpaired) electrons. The van der Waals surface area contributed by atoms with Crippen LogP contribution in [-0.2, 0) is 9.53 Å². The van der Waals surface area contributed by atoms with E-state index >= 15 is 0 Å². The second kappa shape index (κ2) is 8.55. The monoisotopic (exact) mass is 423 g/mol. The lowest BCUT2D eigenvalue weighted by Gasteiger charge is -2.19. The van der Waals surface area contributed by atoms with Crippen LogP contribution in [0.25, 0.3) is 11.1 Å². The molecule has 0 aromatic heterocycles. The molecule has 4 rings (SSSR count). The third kappa shape index (κ3) is 4.12. The number of hydrogen-bond acceptors (Lipinski definition) is 3. The minimum Gasteiger partial charge on any atom is -0.481 e. The summed E-state index contributed by atoms with van der Waals surface area (Å²) in [5.74, 6) is -3.77. The van der Waals surface area contributed by atoms with Crippen LogP contribution in [0.2, 0.25) is 0 Å². The van der Waals surface area contributed by atoms with E-state index in [1.54, 1.807) is 0 Å². The van der Waals surface area contributed by atoms with Crippen LogP contribution in [0.5, 0.6) is 0 Å². The number of alkyl carbamates (subject to hydrolysis) is 1. The third-order valence-electron chi connectivity index (χ3n) is 5.37. The van der Waals surface area contributed by atoms with E-state index in [-0.39, 0.29) is 18.1 Å². The lowest BCUT2D eigenvalue weighted by Crippen LogP contribution is -2.32. The van der Waals surface area contributed by atoms with Crippen molar-refractivity contribution >= 4 is 12.1 Å². The highest BCUT2D eigenvalue weighted by molar-refractivity contribution is 5.79. The topological polar surface area (TPSA) is 75.6 Å². The molecule has 1 amide bonds. The van der Waals surface area contributed by atoms with Crippen LogP contribution in [0.1, 0.15) is 35.1 Å². The number of hydrogen-bond donors (Lipinski definition) is 2. The van der Waals surface area contributed by atoms with E-state index in [0.717, 1.165) is 28.3 Å². The number of carboxylic acids is 1. The van der Waals surface area contributed by atoms with Gasteiger partial charge in [0.05, 0.1) is 12.5 Å². The highest BCUT2D eigenvalue weighted by atomic mass is 19.2. The Labute approximate surface area is 177 Å². The largest absolute Gasteiger partial charge is 0.481 e. The van der Waals surface area contributed by atoms with E-state index in [9.17, 15) is 18.4 Å². The molecule has 0 bridgehead atoms. The van der Waals surface area contributed by atoms with Crippen molar-refractivity contribution in [2.24, 2.45) is 0 Å². The lowest BCUT2D eigenvalue weighted by atomic mass is 9.98. The quantitative estimate of drug-likeness (QED) is 0.584. The van der Waals surface area contributed by atoms with Crippen LogP contribution in [0.3, 0.4) is 0 Å². The Kier molecular flexibility index (Phi) is 5.66. The zero-order valence-electron chi connectivity index (χ0n) is 16.3. The molecular formula is C24H19F2NO4. The predicted molar refractivity (Wildman–Crippen MR) is 110 cm³/mol. The Balaban J connectivity index is 1.50. The zero-order chi connectivity index (χ0) is 22.0. The third-order valence-corrected chi connectivity index (χ3v) is 5.37. The van der Waals surface area contributed by atoms with Crippen LogP contribution < -0.4 is 5.32 Å². The number of nitrogens with one attached hydrogen (secondary N) is 1. The van der Waals surface area contributed by atoms with E-state index in [1.807, 2.05) is 48.5 Å². The summed E-state index contributed by atoms with van der Waals surface area (Å²) in [6, 6.07) is 17.8. The summed E-state index contributed by atoms with van der Waals surface area (Å²) in [6.45, 7) is 0.0191. The van der Waals surface area contributed by atoms with Crippen molar-refractivity contribution in [2.45, 2.75) is 18.4 Å². The summed E-state index contributed by atoms with van der Waals surface area (Å²) < 4.78 is 33.1. The Morgan fingerprint density at radius 3 is 2.16 bits per heavy atom. The normalized spacial score (nSPS) is 13.2. The summed E-state index contributed by atoms with van der Waals surface area (Å²) in [7, 11) is 0. The average Bonchev–Trinajstić information content (AvgIpc) is 3.07. The number of rotatable bonds is 6. The van der Waals surface area contributed by atoms with Crippen LogP contribution in [0.4, 0.5) is 13.6 Å². The molecule has 158 valence electrons. The molecule has 2 N–H and O–H groups in total. The van der Waals surface area contributed by atoms with E-state index in [4.69, 9.17) is 9.84 Å². The molecule has 1 atom stereocenters. The molecule has 0 saturated heterocycles. The molecule has 0 heterocycles. The molecule has 31 heavy (non-hydrogen) atoms. The van der Waals surface area contributed by atoms with Gasteiger partial charge in [0.15, 0.2) is 11.6 Å². The van der Waals surface area contributed by atoms with Crippen LogP contribution in [0, 0.1) is 11.6 Å². The minimum atomic E-state index is -1.27. The van der Waals surface area contributed by atoms with Crippen LogP contribution >= 0.6 is 0 Å². The van der Waals surface area contributed by atoms with Crippen molar-refractivity contribution in [2.75, 3.05) is 6.61 Å². The maximum absolute atomic E-state index is 14.2. The second-order valence-corrected chi connectivity index (χ2v) is 7.26. The molecule has 3 aromatic rings. The first kappa shape index (κ1) is 20.5. The second-order valence-electron chi connectivity index (χ2n) is 7.26. The first-order valence-corrected chi connectivity index (χ1v) is 9.73. The molecule has 5 nitrogen and oxygen atoms in total. The van der Waals surface area contributed by atoms with E-state index in [2.05, 4.69) is 5.32 Å². The molecule has 7 heteroatoms. The van der Waals surface area contributed by atoms with Crippen LogP contribution in [-0.4, -0.2) is 23.8 Å². The summed E-state index contributed by atoms with van der Waals surface area (Å²) >= 11 is 0. The number of fused-ring (bicyclic) bond motifs is 3. The maximum Gasteiger partial charge on any atom is 0.407 e. The number of halogens is 2. The van der Waals surface area contributed by atoms with Gasteiger partial charge in [0.2, 0.25) is 0 Å². The number of carboxylic acid groups (broad SMARTS) is 1. The first-order valence-electron chi connectivity index (χ1n) is 9.73. The van der Waals surface area contributed by atoms with Gasteiger partial charge in [-0.15, -0.1) is 0 Å². The number of amides is 1. The smallest absolute Gasteiger partial charge is 0.407 e. The molecule has 0 fully saturated rings. The van der Waals surface area contributed by atoms with Gasteiger partial charge in [-0.3, -0.25) is 4.79 Å². The molecule has 1 aliphatic carbocycles. The van der Waals surface area contributed by atoms with E-state index in [0.29, 0.717) is 0 Å². The zero-order valence-corrected chi connectivity index (χ0v) is 16.3. The number of ether oxygens (including phenoxy) is 1. The van der Waals surface area contributed by atoms with E-state index < -0.39 is 36.2 Å². The Morgan fingerprint density at radius 2 is 1.55 bits per heavy atom. The fourth-order valence-electron chi connectivity index (χ4n) is 3.99. The number of benzene rings is 3. The average molecular weight is 423 g/mol. The number of carbonyl (C=O) groups is 2. The van der Waals surface area contributed by atoms with Crippen molar-refractivity contribution in [3.05, 3.63) is 95.1 Å².